The molecule has 5 heteroatoms. The third-order valence-electron chi connectivity index (χ3n) is 4.00. The Morgan fingerprint density at radius 3 is 2.39 bits per heavy atom. The first-order chi connectivity index (χ1) is 10.7. The van der Waals surface area contributed by atoms with E-state index in [1.54, 1.807) is 0 Å². The predicted molar refractivity (Wildman–Crippen MR) is 95.9 cm³/mol. The van der Waals surface area contributed by atoms with Crippen LogP contribution in [0.15, 0.2) is 24.3 Å². The minimum atomic E-state index is -3.30. The van der Waals surface area contributed by atoms with Crippen LogP contribution in [0.1, 0.15) is 38.3 Å². The maximum atomic E-state index is 12.2. The zero-order valence-electron chi connectivity index (χ0n) is 14.7. The third kappa shape index (κ3) is 7.95. The molecule has 1 rings (SSSR count). The molecule has 1 aromatic rings. The Hall–Kier alpha value is -0.910. The lowest BCUT2D eigenvalue weighted by molar-refractivity contribution is 0.226. The summed E-state index contributed by atoms with van der Waals surface area (Å²) in [6, 6.07) is 8.00. The van der Waals surface area contributed by atoms with Gasteiger partial charge >= 0.3 is 0 Å². The Morgan fingerprint density at radius 1 is 1.17 bits per heavy atom. The molecule has 4 nitrogen and oxygen atoms in total. The molecule has 0 fully saturated rings. The molecular formula is C18H31NO3S. The molecule has 2 N–H and O–H groups in total. The number of sulfonamides is 1. The highest BCUT2D eigenvalue weighted by Gasteiger charge is 2.19. The number of aliphatic hydroxyl groups is 1. The van der Waals surface area contributed by atoms with Crippen LogP contribution in [0, 0.1) is 24.7 Å². The van der Waals surface area contributed by atoms with Crippen LogP contribution in [0.25, 0.3) is 0 Å². The summed E-state index contributed by atoms with van der Waals surface area (Å²) in [4.78, 5) is 0. The molecule has 0 aromatic heterocycles. The molecule has 0 spiro atoms. The van der Waals surface area contributed by atoms with Gasteiger partial charge in [-0.2, -0.15) is 0 Å². The summed E-state index contributed by atoms with van der Waals surface area (Å²) in [5, 5.41) is 9.54. The van der Waals surface area contributed by atoms with Gasteiger partial charge in [-0.25, -0.2) is 13.1 Å². The van der Waals surface area contributed by atoms with Crippen LogP contribution in [0.4, 0.5) is 0 Å². The molecule has 0 heterocycles. The number of rotatable bonds is 10. The average molecular weight is 342 g/mol. The molecule has 1 aromatic carbocycles. The van der Waals surface area contributed by atoms with Crippen molar-refractivity contribution >= 4 is 10.0 Å². The topological polar surface area (TPSA) is 66.4 Å². The monoisotopic (exact) mass is 341 g/mol. The van der Waals surface area contributed by atoms with Crippen molar-refractivity contribution in [3.8, 4) is 0 Å². The number of aliphatic hydroxyl groups excluding tert-OH is 1. The van der Waals surface area contributed by atoms with Crippen LogP contribution in [-0.2, 0) is 16.4 Å². The van der Waals surface area contributed by atoms with Gasteiger partial charge in [0.1, 0.15) is 0 Å². The number of nitrogens with one attached hydrogen (secondary N) is 1. The second kappa shape index (κ2) is 9.40. The summed E-state index contributed by atoms with van der Waals surface area (Å²) < 4.78 is 27.0. The second-order valence-electron chi connectivity index (χ2n) is 7.04. The maximum Gasteiger partial charge on any atom is 0.211 e. The molecular weight excluding hydrogens is 310 g/mol. The van der Waals surface area contributed by atoms with E-state index in [-0.39, 0.29) is 30.7 Å². The lowest BCUT2D eigenvalue weighted by Crippen LogP contribution is -2.35. The molecule has 0 saturated carbocycles. The molecule has 0 aliphatic heterocycles. The van der Waals surface area contributed by atoms with E-state index in [1.807, 2.05) is 38.1 Å². The van der Waals surface area contributed by atoms with Crippen molar-refractivity contribution in [1.82, 2.24) is 4.72 Å². The van der Waals surface area contributed by atoms with Crippen molar-refractivity contribution < 1.29 is 13.5 Å². The van der Waals surface area contributed by atoms with Gasteiger partial charge in [0, 0.05) is 13.2 Å². The molecule has 0 aliphatic rings. The number of aryl methyl sites for hydroxylation is 1. The molecule has 0 radical (unpaired) electrons. The van der Waals surface area contributed by atoms with Gasteiger partial charge in [-0.1, -0.05) is 45.0 Å². The van der Waals surface area contributed by atoms with E-state index in [1.165, 1.54) is 5.56 Å². The lowest BCUT2D eigenvalue weighted by atomic mass is 9.97. The first-order valence-corrected chi connectivity index (χ1v) is 10.0. The third-order valence-corrected chi connectivity index (χ3v) is 5.61. The Balaban J connectivity index is 2.54. The predicted octanol–water partition coefficient (Wildman–Crippen LogP) is 2.75. The minimum absolute atomic E-state index is 0.0294. The maximum absolute atomic E-state index is 12.2. The van der Waals surface area contributed by atoms with Crippen LogP contribution in [0.5, 0.6) is 0 Å². The number of hydrogen-bond donors (Lipinski definition) is 2. The van der Waals surface area contributed by atoms with Gasteiger partial charge < -0.3 is 5.11 Å². The summed E-state index contributed by atoms with van der Waals surface area (Å²) >= 11 is 0. The standard InChI is InChI=1S/C18H31NO3S/c1-14(2)9-15(3)13-23(21,22)19-11-17(12-20)10-18-8-6-5-7-16(18)4/h5-8,14-15,17,19-20H,9-13H2,1-4H3. The highest BCUT2D eigenvalue weighted by atomic mass is 32.2. The first kappa shape index (κ1) is 20.1. The normalized spacial score (nSPS) is 14.9. The fourth-order valence-corrected chi connectivity index (χ4v) is 4.40. The largest absolute Gasteiger partial charge is 0.396 e. The van der Waals surface area contributed by atoms with Crippen molar-refractivity contribution in [2.75, 3.05) is 18.9 Å². The smallest absolute Gasteiger partial charge is 0.211 e. The highest BCUT2D eigenvalue weighted by molar-refractivity contribution is 7.89. The minimum Gasteiger partial charge on any atom is -0.396 e. The Morgan fingerprint density at radius 2 is 1.83 bits per heavy atom. The summed E-state index contributed by atoms with van der Waals surface area (Å²) in [5.41, 5.74) is 2.32. The Labute approximate surface area is 141 Å². The van der Waals surface area contributed by atoms with Crippen molar-refractivity contribution in [2.45, 2.75) is 40.5 Å². The highest BCUT2D eigenvalue weighted by Crippen LogP contribution is 2.15. The van der Waals surface area contributed by atoms with Crippen LogP contribution in [0.2, 0.25) is 0 Å². The van der Waals surface area contributed by atoms with E-state index < -0.39 is 10.0 Å². The van der Waals surface area contributed by atoms with Gasteiger partial charge in [0.15, 0.2) is 0 Å². The molecule has 0 saturated heterocycles. The molecule has 0 bridgehead atoms. The lowest BCUT2D eigenvalue weighted by Gasteiger charge is -2.18. The van der Waals surface area contributed by atoms with Crippen molar-refractivity contribution in [2.24, 2.45) is 17.8 Å². The summed E-state index contributed by atoms with van der Waals surface area (Å²) in [6.07, 6.45) is 1.57. The van der Waals surface area contributed by atoms with E-state index in [0.717, 1.165) is 12.0 Å². The van der Waals surface area contributed by atoms with Gasteiger partial charge in [0.2, 0.25) is 10.0 Å². The summed E-state index contributed by atoms with van der Waals surface area (Å²) in [7, 11) is -3.30. The van der Waals surface area contributed by atoms with E-state index in [4.69, 9.17) is 0 Å². The van der Waals surface area contributed by atoms with Crippen LogP contribution in [0.3, 0.4) is 0 Å². The van der Waals surface area contributed by atoms with Gasteiger partial charge in [0.05, 0.1) is 5.75 Å². The molecule has 2 atom stereocenters. The average Bonchev–Trinajstić information content (AvgIpc) is 2.43. The zero-order valence-corrected chi connectivity index (χ0v) is 15.6. The van der Waals surface area contributed by atoms with E-state index in [0.29, 0.717) is 12.3 Å². The van der Waals surface area contributed by atoms with Gasteiger partial charge in [0.25, 0.3) is 0 Å². The van der Waals surface area contributed by atoms with Crippen molar-refractivity contribution in [3.63, 3.8) is 0 Å². The van der Waals surface area contributed by atoms with E-state index >= 15 is 0 Å². The first-order valence-electron chi connectivity index (χ1n) is 8.36. The van der Waals surface area contributed by atoms with Gasteiger partial charge in [-0.3, -0.25) is 0 Å². The molecule has 0 aliphatic carbocycles. The summed E-state index contributed by atoms with van der Waals surface area (Å²) in [5.74, 6) is 0.669. The molecule has 0 amide bonds. The van der Waals surface area contributed by atoms with Crippen LogP contribution in [-0.4, -0.2) is 32.4 Å². The second-order valence-corrected chi connectivity index (χ2v) is 8.90. The summed E-state index contributed by atoms with van der Waals surface area (Å²) in [6.45, 7) is 8.44. The Bertz CT molecular complexity index is 569. The fourth-order valence-electron chi connectivity index (χ4n) is 2.90. The van der Waals surface area contributed by atoms with Crippen LogP contribution >= 0.6 is 0 Å². The Kier molecular flexibility index (Phi) is 8.23. The molecule has 2 unspecified atom stereocenters. The van der Waals surface area contributed by atoms with Crippen LogP contribution < -0.4 is 4.72 Å². The number of benzene rings is 1. The molecule has 132 valence electrons. The van der Waals surface area contributed by atoms with E-state index in [9.17, 15) is 13.5 Å². The van der Waals surface area contributed by atoms with Gasteiger partial charge in [-0.15, -0.1) is 0 Å². The molecule has 23 heavy (non-hydrogen) atoms. The fraction of sp³-hybridized carbons (Fsp3) is 0.667. The van der Waals surface area contributed by atoms with Gasteiger partial charge in [-0.05, 0) is 48.6 Å². The quantitative estimate of drug-likeness (QED) is 0.688. The van der Waals surface area contributed by atoms with E-state index in [2.05, 4.69) is 18.6 Å². The van der Waals surface area contributed by atoms with Crippen molar-refractivity contribution in [1.29, 1.82) is 0 Å². The van der Waals surface area contributed by atoms with Crippen molar-refractivity contribution in [3.05, 3.63) is 35.4 Å². The number of hydrogen-bond acceptors (Lipinski definition) is 3. The SMILES string of the molecule is Cc1ccccc1CC(CO)CNS(=O)(=O)CC(C)CC(C)C. The zero-order chi connectivity index (χ0) is 17.5.